The molecule has 5 heteroatoms. The standard InChI is InChI=1S/C10H12N2OS2/c1-12(8-7-11)15-14-10-5-3-9(13-2)4-6-10/h3-6H,8H2,1-2H3. The van der Waals surface area contributed by atoms with Gasteiger partial charge in [0.2, 0.25) is 0 Å². The third-order valence-electron chi connectivity index (χ3n) is 1.61. The fraction of sp³-hybridized carbons (Fsp3) is 0.300. The fourth-order valence-electron chi connectivity index (χ4n) is 0.864. The number of benzene rings is 1. The molecular formula is C10H12N2OS2. The number of rotatable bonds is 5. The molecule has 0 spiro atoms. The van der Waals surface area contributed by atoms with E-state index in [-0.39, 0.29) is 0 Å². The van der Waals surface area contributed by atoms with Crippen molar-refractivity contribution in [3.05, 3.63) is 24.3 Å². The predicted octanol–water partition coefficient (Wildman–Crippen LogP) is 2.81. The number of hydrogen-bond donors (Lipinski definition) is 0. The maximum Gasteiger partial charge on any atom is 0.118 e. The number of hydrogen-bond acceptors (Lipinski definition) is 5. The van der Waals surface area contributed by atoms with Gasteiger partial charge in [-0.2, -0.15) is 5.26 Å². The Bertz CT molecular complexity index is 334. The predicted molar refractivity (Wildman–Crippen MR) is 64.7 cm³/mol. The van der Waals surface area contributed by atoms with Gasteiger partial charge < -0.3 is 4.74 Å². The van der Waals surface area contributed by atoms with E-state index in [9.17, 15) is 0 Å². The van der Waals surface area contributed by atoms with Crippen molar-refractivity contribution in [1.29, 1.82) is 5.26 Å². The molecule has 0 bridgehead atoms. The summed E-state index contributed by atoms with van der Waals surface area (Å²) in [5, 5.41) is 8.47. The summed E-state index contributed by atoms with van der Waals surface area (Å²) >= 11 is 0. The third kappa shape index (κ3) is 4.47. The monoisotopic (exact) mass is 240 g/mol. The van der Waals surface area contributed by atoms with E-state index in [1.165, 1.54) is 0 Å². The van der Waals surface area contributed by atoms with E-state index in [2.05, 4.69) is 6.07 Å². The van der Waals surface area contributed by atoms with Crippen molar-refractivity contribution in [3.63, 3.8) is 0 Å². The van der Waals surface area contributed by atoms with E-state index in [0.29, 0.717) is 6.54 Å². The summed E-state index contributed by atoms with van der Waals surface area (Å²) in [5.41, 5.74) is 0. The van der Waals surface area contributed by atoms with Gasteiger partial charge in [-0.05, 0) is 53.1 Å². The van der Waals surface area contributed by atoms with E-state index in [4.69, 9.17) is 10.00 Å². The van der Waals surface area contributed by atoms with Crippen LogP contribution in [0.15, 0.2) is 29.2 Å². The molecule has 0 fully saturated rings. The first-order valence-corrected chi connectivity index (χ1v) is 6.43. The lowest BCUT2D eigenvalue weighted by atomic mass is 10.3. The number of nitrogens with zero attached hydrogens (tertiary/aromatic N) is 2. The van der Waals surface area contributed by atoms with Crippen LogP contribution in [0.3, 0.4) is 0 Å². The zero-order valence-corrected chi connectivity index (χ0v) is 10.3. The second-order valence-electron chi connectivity index (χ2n) is 2.78. The van der Waals surface area contributed by atoms with E-state index in [0.717, 1.165) is 10.6 Å². The van der Waals surface area contributed by atoms with Crippen LogP contribution in [0, 0.1) is 11.3 Å². The minimum Gasteiger partial charge on any atom is -0.497 e. The Labute approximate surface area is 97.9 Å². The van der Waals surface area contributed by atoms with Crippen LogP contribution in [0.1, 0.15) is 0 Å². The zero-order chi connectivity index (χ0) is 11.1. The summed E-state index contributed by atoms with van der Waals surface area (Å²) in [6.45, 7) is 0.424. The van der Waals surface area contributed by atoms with Crippen LogP contribution in [0.5, 0.6) is 5.75 Å². The number of nitriles is 1. The molecular weight excluding hydrogens is 228 g/mol. The van der Waals surface area contributed by atoms with E-state index in [1.807, 2.05) is 35.6 Å². The topological polar surface area (TPSA) is 36.3 Å². The molecule has 1 rings (SSSR count). The Morgan fingerprint density at radius 3 is 2.60 bits per heavy atom. The molecule has 0 aliphatic rings. The molecule has 0 aliphatic carbocycles. The van der Waals surface area contributed by atoms with Crippen molar-refractivity contribution < 1.29 is 4.74 Å². The van der Waals surface area contributed by atoms with Gasteiger partial charge in [0.05, 0.1) is 19.7 Å². The largest absolute Gasteiger partial charge is 0.497 e. The fourth-order valence-corrected chi connectivity index (χ4v) is 2.57. The lowest BCUT2D eigenvalue weighted by Gasteiger charge is -2.09. The Morgan fingerprint density at radius 2 is 2.07 bits per heavy atom. The van der Waals surface area contributed by atoms with Gasteiger partial charge in [0.1, 0.15) is 5.75 Å². The Balaban J connectivity index is 2.41. The molecule has 0 unspecified atom stereocenters. The van der Waals surface area contributed by atoms with Gasteiger partial charge in [0.25, 0.3) is 0 Å². The molecule has 0 atom stereocenters. The smallest absolute Gasteiger partial charge is 0.118 e. The van der Waals surface area contributed by atoms with Crippen LogP contribution in [0.4, 0.5) is 0 Å². The first kappa shape index (κ1) is 12.2. The van der Waals surface area contributed by atoms with Gasteiger partial charge in [0.15, 0.2) is 0 Å². The summed E-state index contributed by atoms with van der Waals surface area (Å²) in [4.78, 5) is 1.14. The zero-order valence-electron chi connectivity index (χ0n) is 8.64. The molecule has 0 N–H and O–H groups in total. The van der Waals surface area contributed by atoms with E-state index < -0.39 is 0 Å². The minimum atomic E-state index is 0.424. The molecule has 80 valence electrons. The quantitative estimate of drug-likeness (QED) is 0.449. The summed E-state index contributed by atoms with van der Waals surface area (Å²) in [6, 6.07) is 9.93. The Hall–Kier alpha value is -0.830. The molecule has 0 aromatic heterocycles. The van der Waals surface area contributed by atoms with Crippen LogP contribution in [0.25, 0.3) is 0 Å². The number of methoxy groups -OCH3 is 1. The van der Waals surface area contributed by atoms with Crippen LogP contribution < -0.4 is 4.74 Å². The highest BCUT2D eigenvalue weighted by molar-refractivity contribution is 8.75. The van der Waals surface area contributed by atoms with Crippen molar-refractivity contribution in [2.45, 2.75) is 4.90 Å². The normalized spacial score (nSPS) is 10.0. The molecule has 0 aliphatic heterocycles. The van der Waals surface area contributed by atoms with Gasteiger partial charge in [-0.25, -0.2) is 4.31 Å². The Kier molecular flexibility index (Phi) is 5.40. The maximum absolute atomic E-state index is 8.47. The second-order valence-corrected chi connectivity index (χ2v) is 5.14. The van der Waals surface area contributed by atoms with Crippen LogP contribution in [0.2, 0.25) is 0 Å². The van der Waals surface area contributed by atoms with Gasteiger partial charge in [-0.15, -0.1) is 0 Å². The van der Waals surface area contributed by atoms with Crippen molar-refractivity contribution in [2.24, 2.45) is 0 Å². The van der Waals surface area contributed by atoms with Crippen LogP contribution in [-0.2, 0) is 0 Å². The van der Waals surface area contributed by atoms with E-state index in [1.54, 1.807) is 28.9 Å². The van der Waals surface area contributed by atoms with E-state index >= 15 is 0 Å². The average Bonchev–Trinajstić information content (AvgIpc) is 2.27. The van der Waals surface area contributed by atoms with Crippen LogP contribution in [-0.4, -0.2) is 25.0 Å². The summed E-state index contributed by atoms with van der Waals surface area (Å²) < 4.78 is 6.95. The maximum atomic E-state index is 8.47. The first-order chi connectivity index (χ1) is 7.26. The third-order valence-corrected chi connectivity index (χ3v) is 4.10. The second kappa shape index (κ2) is 6.62. The lowest BCUT2D eigenvalue weighted by Crippen LogP contribution is -2.06. The summed E-state index contributed by atoms with van der Waals surface area (Å²) in [6.07, 6.45) is 0. The molecule has 0 amide bonds. The highest BCUT2D eigenvalue weighted by atomic mass is 33.1. The Morgan fingerprint density at radius 1 is 1.40 bits per heavy atom. The molecule has 1 aromatic rings. The molecule has 0 saturated carbocycles. The summed E-state index contributed by atoms with van der Waals surface area (Å²) in [7, 11) is 6.72. The highest BCUT2D eigenvalue weighted by Gasteiger charge is 2.00. The number of ether oxygens (including phenoxy) is 1. The first-order valence-electron chi connectivity index (χ1n) is 4.33. The van der Waals surface area contributed by atoms with Gasteiger partial charge in [0, 0.05) is 4.90 Å². The molecule has 0 heterocycles. The molecule has 0 radical (unpaired) electrons. The van der Waals surface area contributed by atoms with Crippen molar-refractivity contribution in [1.82, 2.24) is 4.31 Å². The minimum absolute atomic E-state index is 0.424. The summed E-state index contributed by atoms with van der Waals surface area (Å²) in [5.74, 6) is 0.856. The molecule has 3 nitrogen and oxygen atoms in total. The van der Waals surface area contributed by atoms with Gasteiger partial charge >= 0.3 is 0 Å². The van der Waals surface area contributed by atoms with Gasteiger partial charge in [-0.3, -0.25) is 0 Å². The average molecular weight is 240 g/mol. The van der Waals surface area contributed by atoms with Gasteiger partial charge in [-0.1, -0.05) is 0 Å². The SMILES string of the molecule is COc1ccc(SSN(C)CC#N)cc1. The molecule has 0 saturated heterocycles. The lowest BCUT2D eigenvalue weighted by molar-refractivity contribution is 0.414. The molecule has 1 aromatic carbocycles. The van der Waals surface area contributed by atoms with Crippen molar-refractivity contribution >= 4 is 21.8 Å². The van der Waals surface area contributed by atoms with Crippen LogP contribution >= 0.6 is 21.8 Å². The highest BCUT2D eigenvalue weighted by Crippen LogP contribution is 2.33. The van der Waals surface area contributed by atoms with Crippen molar-refractivity contribution in [3.8, 4) is 11.8 Å². The molecule has 15 heavy (non-hydrogen) atoms. The van der Waals surface area contributed by atoms with Crippen molar-refractivity contribution in [2.75, 3.05) is 20.7 Å².